The summed E-state index contributed by atoms with van der Waals surface area (Å²) in [5, 5.41) is 22.2. The summed E-state index contributed by atoms with van der Waals surface area (Å²) in [5.74, 6) is 0. The molecule has 0 bridgehead atoms. The Morgan fingerprint density at radius 3 is 1.46 bits per heavy atom. The molecule has 6 nitrogen and oxygen atoms in total. The minimum Gasteiger partial charge on any atom is -0.258 e. The molecule has 0 radical (unpaired) electrons. The minimum absolute atomic E-state index is 0.0112. The Morgan fingerprint density at radius 2 is 1.15 bits per heavy atom. The zero-order valence-electron chi connectivity index (χ0n) is 14.7. The van der Waals surface area contributed by atoms with E-state index >= 15 is 0 Å². The van der Waals surface area contributed by atoms with Crippen LogP contribution < -0.4 is 0 Å². The van der Waals surface area contributed by atoms with Crippen LogP contribution in [0.25, 0.3) is 23.3 Å². The van der Waals surface area contributed by atoms with Crippen LogP contribution in [0, 0.1) is 20.2 Å². The van der Waals surface area contributed by atoms with Crippen LogP contribution in [0.3, 0.4) is 0 Å². The zero-order chi connectivity index (χ0) is 19.1. The highest BCUT2D eigenvalue weighted by Crippen LogP contribution is 2.33. The minimum atomic E-state index is -0.430. The lowest BCUT2D eigenvalue weighted by Gasteiger charge is -2.10. The van der Waals surface area contributed by atoms with Crippen LogP contribution in [0.2, 0.25) is 0 Å². The van der Waals surface area contributed by atoms with Crippen LogP contribution in [0.1, 0.15) is 37.8 Å². The van der Waals surface area contributed by atoms with Gasteiger partial charge >= 0.3 is 0 Å². The van der Waals surface area contributed by atoms with E-state index in [-0.39, 0.29) is 11.4 Å². The fraction of sp³-hybridized carbons (Fsp3) is 0.200. The summed E-state index contributed by atoms with van der Waals surface area (Å²) in [4.78, 5) is 21.3. The van der Waals surface area contributed by atoms with E-state index in [1.165, 1.54) is 24.3 Å². The van der Waals surface area contributed by atoms with E-state index in [1.807, 2.05) is 38.2 Å². The van der Waals surface area contributed by atoms with E-state index in [0.29, 0.717) is 11.1 Å². The topological polar surface area (TPSA) is 86.3 Å². The van der Waals surface area contributed by atoms with Crippen LogP contribution in [0.4, 0.5) is 11.4 Å². The predicted molar refractivity (Wildman–Crippen MR) is 104 cm³/mol. The number of nitrogens with zero attached hydrogens (tertiary/aromatic N) is 2. The Balaban J connectivity index is 2.69. The lowest BCUT2D eigenvalue weighted by molar-refractivity contribution is -0.385. The number of nitro groups is 2. The van der Waals surface area contributed by atoms with Crippen LogP contribution in [0.15, 0.2) is 48.6 Å². The van der Waals surface area contributed by atoms with E-state index in [1.54, 1.807) is 12.1 Å². The fourth-order valence-electron chi connectivity index (χ4n) is 2.58. The first-order valence-electron chi connectivity index (χ1n) is 8.38. The lowest BCUT2D eigenvalue weighted by atomic mass is 9.93. The molecular weight excluding hydrogens is 332 g/mol. The first-order valence-corrected chi connectivity index (χ1v) is 8.38. The number of hydrogen-bond acceptors (Lipinski definition) is 4. The molecule has 0 heterocycles. The van der Waals surface area contributed by atoms with Gasteiger partial charge in [-0.25, -0.2) is 0 Å². The van der Waals surface area contributed by atoms with E-state index in [0.717, 1.165) is 24.0 Å². The van der Waals surface area contributed by atoms with Crippen LogP contribution >= 0.6 is 0 Å². The Hall–Kier alpha value is -3.28. The van der Waals surface area contributed by atoms with Gasteiger partial charge in [-0.05, 0) is 47.2 Å². The van der Waals surface area contributed by atoms with E-state index in [2.05, 4.69) is 0 Å². The van der Waals surface area contributed by atoms with Gasteiger partial charge in [-0.1, -0.05) is 38.2 Å². The summed E-state index contributed by atoms with van der Waals surface area (Å²) >= 11 is 0. The summed E-state index contributed by atoms with van der Waals surface area (Å²) in [5.41, 5.74) is 3.04. The third-order valence-electron chi connectivity index (χ3n) is 3.85. The molecule has 0 aliphatic rings. The predicted octanol–water partition coefficient (Wildman–Crippen LogP) is 6.02. The van der Waals surface area contributed by atoms with Crippen LogP contribution in [-0.4, -0.2) is 9.85 Å². The Kier molecular flexibility index (Phi) is 6.38. The van der Waals surface area contributed by atoms with E-state index in [4.69, 9.17) is 0 Å². The summed E-state index contributed by atoms with van der Waals surface area (Å²) < 4.78 is 0. The number of non-ortho nitro benzene ring substituents is 2. The highest BCUT2D eigenvalue weighted by atomic mass is 16.6. The molecule has 2 aromatic rings. The van der Waals surface area contributed by atoms with Gasteiger partial charge in [0.25, 0.3) is 11.4 Å². The molecule has 0 spiro atoms. The number of hydrogen-bond donors (Lipinski definition) is 0. The number of allylic oxidation sites excluding steroid dienone is 2. The Bertz CT molecular complexity index is 812. The van der Waals surface area contributed by atoms with Crippen LogP contribution in [0.5, 0.6) is 0 Å². The van der Waals surface area contributed by atoms with Crippen molar-refractivity contribution in [2.75, 3.05) is 0 Å². The van der Waals surface area contributed by atoms with Gasteiger partial charge in [0.2, 0.25) is 0 Å². The van der Waals surface area contributed by atoms with Crippen molar-refractivity contribution in [2.45, 2.75) is 26.7 Å². The molecule has 0 saturated carbocycles. The Labute approximate surface area is 151 Å². The van der Waals surface area contributed by atoms with Gasteiger partial charge in [0, 0.05) is 24.3 Å². The quantitative estimate of drug-likeness (QED) is 0.450. The van der Waals surface area contributed by atoms with Crippen molar-refractivity contribution in [2.24, 2.45) is 0 Å². The molecular formula is C20H20N2O4. The third kappa shape index (κ3) is 4.42. The van der Waals surface area contributed by atoms with Gasteiger partial charge in [-0.3, -0.25) is 20.2 Å². The zero-order valence-corrected chi connectivity index (χ0v) is 14.7. The monoisotopic (exact) mass is 352 g/mol. The van der Waals surface area contributed by atoms with Gasteiger partial charge in [-0.15, -0.1) is 0 Å². The maximum Gasteiger partial charge on any atom is 0.270 e. The molecule has 0 amide bonds. The van der Waals surface area contributed by atoms with Gasteiger partial charge in [0.05, 0.1) is 9.85 Å². The molecule has 6 heteroatoms. The summed E-state index contributed by atoms with van der Waals surface area (Å²) in [6.07, 6.45) is 9.13. The normalized spacial score (nSPS) is 11.3. The standard InChI is InChI=1S/C20H20N2O4/c1-3-5-7-15-13-17(21(23)24)9-11-19(15)20-12-10-18(22(25)26)14-16(20)8-6-4-2/h5-14H,3-4H2,1-2H3. The van der Waals surface area contributed by atoms with Crippen molar-refractivity contribution in [3.05, 3.63) is 79.9 Å². The molecule has 2 rings (SSSR count). The highest BCUT2D eigenvalue weighted by molar-refractivity contribution is 5.83. The molecule has 134 valence electrons. The molecule has 26 heavy (non-hydrogen) atoms. The van der Waals surface area contributed by atoms with Crippen molar-refractivity contribution in [1.82, 2.24) is 0 Å². The molecule has 2 aromatic carbocycles. The summed E-state index contributed by atoms with van der Waals surface area (Å²) in [6.45, 7) is 3.96. The van der Waals surface area contributed by atoms with Crippen molar-refractivity contribution >= 4 is 23.5 Å². The number of rotatable bonds is 7. The number of benzene rings is 2. The second-order valence-corrected chi connectivity index (χ2v) is 5.68. The fourth-order valence-corrected chi connectivity index (χ4v) is 2.58. The van der Waals surface area contributed by atoms with Crippen molar-refractivity contribution < 1.29 is 9.85 Å². The van der Waals surface area contributed by atoms with Crippen molar-refractivity contribution in [3.8, 4) is 11.1 Å². The van der Waals surface area contributed by atoms with Gasteiger partial charge in [-0.2, -0.15) is 0 Å². The summed E-state index contributed by atoms with van der Waals surface area (Å²) in [6, 6.07) is 9.34. The van der Waals surface area contributed by atoms with Gasteiger partial charge < -0.3 is 0 Å². The lowest BCUT2D eigenvalue weighted by Crippen LogP contribution is -1.94. The second-order valence-electron chi connectivity index (χ2n) is 5.68. The number of nitro benzene ring substituents is 2. The largest absolute Gasteiger partial charge is 0.270 e. The molecule has 0 aromatic heterocycles. The molecule has 0 saturated heterocycles. The van der Waals surface area contributed by atoms with Crippen molar-refractivity contribution in [3.63, 3.8) is 0 Å². The van der Waals surface area contributed by atoms with Crippen molar-refractivity contribution in [1.29, 1.82) is 0 Å². The molecule has 0 aliphatic carbocycles. The van der Waals surface area contributed by atoms with E-state index < -0.39 is 9.85 Å². The first-order chi connectivity index (χ1) is 12.5. The smallest absolute Gasteiger partial charge is 0.258 e. The Morgan fingerprint density at radius 1 is 0.769 bits per heavy atom. The SMILES string of the molecule is CCC=Cc1cc([N+](=O)[O-])ccc1-c1ccc([N+](=O)[O-])cc1C=CCC. The third-order valence-corrected chi connectivity index (χ3v) is 3.85. The van der Waals surface area contributed by atoms with Crippen LogP contribution in [-0.2, 0) is 0 Å². The molecule has 0 N–H and O–H groups in total. The average molecular weight is 352 g/mol. The first kappa shape index (κ1) is 19.1. The van der Waals surface area contributed by atoms with E-state index in [9.17, 15) is 20.2 Å². The molecule has 0 aliphatic heterocycles. The average Bonchev–Trinajstić information content (AvgIpc) is 2.64. The summed E-state index contributed by atoms with van der Waals surface area (Å²) in [7, 11) is 0. The molecule has 0 fully saturated rings. The molecule has 0 atom stereocenters. The second kappa shape index (κ2) is 8.71. The van der Waals surface area contributed by atoms with Gasteiger partial charge in [0.1, 0.15) is 0 Å². The highest BCUT2D eigenvalue weighted by Gasteiger charge is 2.15. The maximum atomic E-state index is 11.1. The maximum absolute atomic E-state index is 11.1. The van der Waals surface area contributed by atoms with Gasteiger partial charge in [0.15, 0.2) is 0 Å². The molecule has 0 unspecified atom stereocenters.